The van der Waals surface area contributed by atoms with Crippen LogP contribution in [0.1, 0.15) is 43.6 Å². The molecule has 2 aromatic heterocycles. The van der Waals surface area contributed by atoms with Crippen LogP contribution < -0.4 is 0 Å². The minimum Gasteiger partial charge on any atom is -0.309 e. The SMILES string of the molecule is c1ccc2cc(-n3c4ccccc4c4cc(-c5ccc6c(c5)c5ccccc5n6-c5ccc6cc(C7C8CC9CC(C8)CC7C9)ccc6c5)ccc43)ccc2c1. The minimum absolute atomic E-state index is 0.766. The van der Waals surface area contributed by atoms with Crippen LogP contribution in [-0.4, -0.2) is 9.13 Å². The molecule has 0 radical (unpaired) electrons. The molecule has 4 fully saturated rings. The molecule has 8 aromatic carbocycles. The first-order valence-corrected chi connectivity index (χ1v) is 20.8. The molecule has 268 valence electrons. The van der Waals surface area contributed by atoms with Crippen molar-refractivity contribution in [2.24, 2.45) is 23.7 Å². The van der Waals surface area contributed by atoms with Gasteiger partial charge in [-0.2, -0.15) is 0 Å². The molecule has 56 heavy (non-hydrogen) atoms. The number of rotatable bonds is 4. The van der Waals surface area contributed by atoms with E-state index in [9.17, 15) is 0 Å². The van der Waals surface area contributed by atoms with Crippen molar-refractivity contribution in [2.75, 3.05) is 0 Å². The highest BCUT2D eigenvalue weighted by atomic mass is 15.0. The van der Waals surface area contributed by atoms with Gasteiger partial charge < -0.3 is 9.13 Å². The summed E-state index contributed by atoms with van der Waals surface area (Å²) < 4.78 is 4.89. The predicted octanol–water partition coefficient (Wildman–Crippen LogP) is 14.4. The Morgan fingerprint density at radius 1 is 0.339 bits per heavy atom. The Morgan fingerprint density at radius 2 is 0.804 bits per heavy atom. The maximum absolute atomic E-state index is 2.54. The highest BCUT2D eigenvalue weighted by Crippen LogP contribution is 2.60. The molecule has 0 unspecified atom stereocenters. The highest BCUT2D eigenvalue weighted by molar-refractivity contribution is 6.13. The Bertz CT molecular complexity index is 3200. The van der Waals surface area contributed by atoms with E-state index in [-0.39, 0.29) is 0 Å². The molecule has 0 amide bonds. The molecule has 10 aromatic rings. The van der Waals surface area contributed by atoms with Crippen LogP contribution in [0.5, 0.6) is 0 Å². The minimum atomic E-state index is 0.766. The number of para-hydroxylation sites is 2. The van der Waals surface area contributed by atoms with Gasteiger partial charge in [0.25, 0.3) is 0 Å². The van der Waals surface area contributed by atoms with Gasteiger partial charge in [0.2, 0.25) is 0 Å². The number of nitrogens with zero attached hydrogens (tertiary/aromatic N) is 2. The molecule has 14 rings (SSSR count). The van der Waals surface area contributed by atoms with Crippen LogP contribution in [0.4, 0.5) is 0 Å². The van der Waals surface area contributed by atoms with Gasteiger partial charge >= 0.3 is 0 Å². The van der Waals surface area contributed by atoms with Crippen molar-refractivity contribution in [1.29, 1.82) is 0 Å². The van der Waals surface area contributed by atoms with Gasteiger partial charge in [-0.05, 0) is 161 Å². The molecule has 0 atom stereocenters. The lowest BCUT2D eigenvalue weighted by Gasteiger charge is -2.54. The Kier molecular flexibility index (Phi) is 6.50. The standard InChI is InChI=1S/C54H42N2/c1-2-8-36-29-44(19-15-35(36)7-1)55-50-11-5-3-9-46(50)48-31-39(17-21-52(48)55)40-18-22-53-49(32-40)47-10-4-6-12-51(47)56(53)45-20-16-37-28-41(14-13-38(37)30-45)54-42-24-33-23-34(26-42)27-43(54)25-33/h1-22,28-34,42-43,54H,23-27H2. The van der Waals surface area contributed by atoms with E-state index < -0.39 is 0 Å². The van der Waals surface area contributed by atoms with Gasteiger partial charge in [0, 0.05) is 32.9 Å². The summed E-state index contributed by atoms with van der Waals surface area (Å²) in [7, 11) is 0. The Morgan fingerprint density at radius 3 is 1.41 bits per heavy atom. The summed E-state index contributed by atoms with van der Waals surface area (Å²) in [5.41, 5.74) is 11.4. The first kappa shape index (κ1) is 31.1. The Balaban J connectivity index is 0.906. The zero-order chi connectivity index (χ0) is 36.5. The summed E-state index contributed by atoms with van der Waals surface area (Å²) >= 11 is 0. The normalized spacial score (nSPS) is 21.8. The van der Waals surface area contributed by atoms with Crippen molar-refractivity contribution in [3.63, 3.8) is 0 Å². The number of aromatic nitrogens is 2. The summed E-state index contributed by atoms with van der Waals surface area (Å²) in [6.07, 6.45) is 7.38. The molecule has 0 saturated heterocycles. The lowest BCUT2D eigenvalue weighted by molar-refractivity contribution is -0.00273. The van der Waals surface area contributed by atoms with Gasteiger partial charge in [-0.3, -0.25) is 0 Å². The van der Waals surface area contributed by atoms with Crippen molar-refractivity contribution in [1.82, 2.24) is 9.13 Å². The third kappa shape index (κ3) is 4.56. The van der Waals surface area contributed by atoms with E-state index in [4.69, 9.17) is 0 Å². The van der Waals surface area contributed by atoms with Crippen molar-refractivity contribution < 1.29 is 0 Å². The zero-order valence-electron chi connectivity index (χ0n) is 31.4. The second-order valence-corrected chi connectivity index (χ2v) is 17.4. The van der Waals surface area contributed by atoms with E-state index in [2.05, 4.69) is 173 Å². The van der Waals surface area contributed by atoms with Crippen LogP contribution >= 0.6 is 0 Å². The lowest BCUT2D eigenvalue weighted by atomic mass is 9.51. The topological polar surface area (TPSA) is 9.86 Å². The van der Waals surface area contributed by atoms with Crippen molar-refractivity contribution in [3.8, 4) is 22.5 Å². The maximum Gasteiger partial charge on any atom is 0.0541 e. The molecule has 2 heterocycles. The fourth-order valence-electron chi connectivity index (χ4n) is 12.2. The van der Waals surface area contributed by atoms with Crippen molar-refractivity contribution in [3.05, 3.63) is 169 Å². The third-order valence-electron chi connectivity index (χ3n) is 14.4. The van der Waals surface area contributed by atoms with Crippen LogP contribution in [0, 0.1) is 23.7 Å². The monoisotopic (exact) mass is 718 g/mol. The largest absolute Gasteiger partial charge is 0.309 e. The molecule has 0 aliphatic heterocycles. The van der Waals surface area contributed by atoms with E-state index in [0.29, 0.717) is 0 Å². The van der Waals surface area contributed by atoms with E-state index in [1.165, 1.54) is 120 Å². The molecule has 2 nitrogen and oxygen atoms in total. The second kappa shape index (κ2) is 11.7. The molecular formula is C54H42N2. The zero-order valence-corrected chi connectivity index (χ0v) is 31.4. The lowest BCUT2D eigenvalue weighted by Crippen LogP contribution is -2.43. The molecule has 4 bridgehead atoms. The summed E-state index contributed by atoms with van der Waals surface area (Å²) in [6.45, 7) is 0. The quantitative estimate of drug-likeness (QED) is 0.171. The van der Waals surface area contributed by atoms with Gasteiger partial charge in [0.05, 0.1) is 22.1 Å². The highest BCUT2D eigenvalue weighted by Gasteiger charge is 2.48. The van der Waals surface area contributed by atoms with E-state index in [1.807, 2.05) is 0 Å². The smallest absolute Gasteiger partial charge is 0.0541 e. The Labute approximate surface area is 326 Å². The van der Waals surface area contributed by atoms with E-state index in [1.54, 1.807) is 5.56 Å². The molecule has 0 spiro atoms. The van der Waals surface area contributed by atoms with Crippen molar-refractivity contribution in [2.45, 2.75) is 38.0 Å². The molecular weight excluding hydrogens is 677 g/mol. The van der Waals surface area contributed by atoms with Gasteiger partial charge in [-0.25, -0.2) is 0 Å². The first-order chi connectivity index (χ1) is 27.7. The molecule has 4 saturated carbocycles. The van der Waals surface area contributed by atoms with Crippen LogP contribution in [-0.2, 0) is 0 Å². The van der Waals surface area contributed by atoms with Gasteiger partial charge in [0.1, 0.15) is 0 Å². The average molecular weight is 719 g/mol. The second-order valence-electron chi connectivity index (χ2n) is 17.4. The number of hydrogen-bond acceptors (Lipinski definition) is 0. The van der Waals surface area contributed by atoms with Gasteiger partial charge in [-0.1, -0.05) is 103 Å². The average Bonchev–Trinajstić information content (AvgIpc) is 3.75. The number of fused-ring (bicyclic) bond motifs is 8. The number of benzene rings is 8. The van der Waals surface area contributed by atoms with E-state index >= 15 is 0 Å². The van der Waals surface area contributed by atoms with Gasteiger partial charge in [-0.15, -0.1) is 0 Å². The predicted molar refractivity (Wildman–Crippen MR) is 235 cm³/mol. The van der Waals surface area contributed by atoms with Gasteiger partial charge in [0.15, 0.2) is 0 Å². The summed E-state index contributed by atoms with van der Waals surface area (Å²) in [5.74, 6) is 4.60. The first-order valence-electron chi connectivity index (χ1n) is 20.8. The van der Waals surface area contributed by atoms with Crippen LogP contribution in [0.2, 0.25) is 0 Å². The summed E-state index contributed by atoms with van der Waals surface area (Å²) in [5, 5.41) is 10.3. The maximum atomic E-state index is 2.54. The van der Waals surface area contributed by atoms with Crippen LogP contribution in [0.3, 0.4) is 0 Å². The molecule has 4 aliphatic carbocycles. The molecule has 4 aliphatic rings. The summed E-state index contributed by atoms with van der Waals surface area (Å²) in [4.78, 5) is 0. The Hall–Kier alpha value is -6.12. The fraction of sp³-hybridized carbons (Fsp3) is 0.185. The molecule has 0 N–H and O–H groups in total. The van der Waals surface area contributed by atoms with Crippen molar-refractivity contribution >= 4 is 65.2 Å². The van der Waals surface area contributed by atoms with Crippen LogP contribution in [0.25, 0.3) is 87.7 Å². The van der Waals surface area contributed by atoms with E-state index in [0.717, 1.165) is 29.6 Å². The van der Waals surface area contributed by atoms with Crippen LogP contribution in [0.15, 0.2) is 164 Å². The molecule has 2 heteroatoms. The number of hydrogen-bond donors (Lipinski definition) is 0. The fourth-order valence-corrected chi connectivity index (χ4v) is 12.2. The third-order valence-corrected chi connectivity index (χ3v) is 14.4. The summed E-state index contributed by atoms with van der Waals surface area (Å²) in [6, 6.07) is 61.9.